The van der Waals surface area contributed by atoms with Gasteiger partial charge >= 0.3 is 0 Å². The third kappa shape index (κ3) is 2.86. The minimum Gasteiger partial charge on any atom is -0.394 e. The van der Waals surface area contributed by atoms with Gasteiger partial charge in [0.25, 0.3) is 0 Å². The molecule has 0 aliphatic heterocycles. The van der Waals surface area contributed by atoms with Crippen molar-refractivity contribution in [3.05, 3.63) is 28.2 Å². The second kappa shape index (κ2) is 5.50. The largest absolute Gasteiger partial charge is 0.394 e. The second-order valence-corrected chi connectivity index (χ2v) is 4.13. The van der Waals surface area contributed by atoms with Crippen LogP contribution in [0.2, 0.25) is 10.0 Å². The predicted molar refractivity (Wildman–Crippen MR) is 64.9 cm³/mol. The first-order chi connectivity index (χ1) is 7.47. The molecule has 88 valence electrons. The smallest absolute Gasteiger partial charge is 0.246 e. The average molecular weight is 263 g/mol. The van der Waals surface area contributed by atoms with Crippen LogP contribution in [-0.4, -0.2) is 30.7 Å². The quantitative estimate of drug-likeness (QED) is 0.863. The lowest BCUT2D eigenvalue weighted by Crippen LogP contribution is -2.44. The number of benzene rings is 1. The number of aliphatic hydroxyl groups is 1. The molecule has 1 amide bonds. The summed E-state index contributed by atoms with van der Waals surface area (Å²) in [5, 5.41) is 9.63. The number of nitrogens with two attached hydrogens (primary N) is 1. The van der Waals surface area contributed by atoms with Crippen LogP contribution in [0.3, 0.4) is 0 Å². The lowest BCUT2D eigenvalue weighted by atomic mass is 10.2. The molecule has 0 aliphatic rings. The molecule has 1 aromatic rings. The standard InChI is InChI=1S/C10H12Cl2N2O2/c1-14(10(16)8(13)5-15)9-3-2-6(11)4-7(9)12/h2-4,8,15H,5,13H2,1H3. The molecular weight excluding hydrogens is 251 g/mol. The van der Waals surface area contributed by atoms with Crippen molar-refractivity contribution in [1.29, 1.82) is 0 Å². The van der Waals surface area contributed by atoms with Crippen LogP contribution >= 0.6 is 23.2 Å². The molecule has 1 aromatic carbocycles. The maximum atomic E-state index is 11.7. The lowest BCUT2D eigenvalue weighted by molar-refractivity contribution is -0.120. The van der Waals surface area contributed by atoms with Crippen molar-refractivity contribution < 1.29 is 9.90 Å². The highest BCUT2D eigenvalue weighted by atomic mass is 35.5. The maximum absolute atomic E-state index is 11.7. The lowest BCUT2D eigenvalue weighted by Gasteiger charge is -2.21. The van der Waals surface area contributed by atoms with Crippen LogP contribution in [-0.2, 0) is 4.79 Å². The van der Waals surface area contributed by atoms with Gasteiger partial charge in [-0.25, -0.2) is 0 Å². The van der Waals surface area contributed by atoms with Crippen molar-refractivity contribution in [2.24, 2.45) is 5.73 Å². The van der Waals surface area contributed by atoms with Gasteiger partial charge in [-0.3, -0.25) is 4.79 Å². The van der Waals surface area contributed by atoms with Gasteiger partial charge in [-0.15, -0.1) is 0 Å². The maximum Gasteiger partial charge on any atom is 0.246 e. The van der Waals surface area contributed by atoms with Crippen molar-refractivity contribution in [2.45, 2.75) is 6.04 Å². The molecule has 0 heterocycles. The Kier molecular flexibility index (Phi) is 4.56. The Labute approximate surface area is 104 Å². The summed E-state index contributed by atoms with van der Waals surface area (Å²) in [5.41, 5.74) is 5.92. The zero-order chi connectivity index (χ0) is 12.3. The van der Waals surface area contributed by atoms with Gasteiger partial charge in [0.1, 0.15) is 6.04 Å². The number of rotatable bonds is 3. The monoisotopic (exact) mass is 262 g/mol. The van der Waals surface area contributed by atoms with Gasteiger partial charge < -0.3 is 15.7 Å². The van der Waals surface area contributed by atoms with E-state index in [9.17, 15) is 4.79 Å². The molecule has 4 nitrogen and oxygen atoms in total. The van der Waals surface area contributed by atoms with Gasteiger partial charge in [0, 0.05) is 12.1 Å². The molecular formula is C10H12Cl2N2O2. The molecule has 0 aliphatic carbocycles. The minimum absolute atomic E-state index is 0.355. The van der Waals surface area contributed by atoms with Gasteiger partial charge in [-0.05, 0) is 18.2 Å². The van der Waals surface area contributed by atoms with E-state index in [1.54, 1.807) is 12.1 Å². The van der Waals surface area contributed by atoms with Crippen molar-refractivity contribution in [2.75, 3.05) is 18.6 Å². The van der Waals surface area contributed by atoms with Gasteiger partial charge in [0.15, 0.2) is 0 Å². The summed E-state index contributed by atoms with van der Waals surface area (Å²) < 4.78 is 0. The van der Waals surface area contributed by atoms with Crippen molar-refractivity contribution in [1.82, 2.24) is 0 Å². The molecule has 0 saturated heterocycles. The molecule has 6 heteroatoms. The van der Waals surface area contributed by atoms with Gasteiger partial charge in [0.2, 0.25) is 5.91 Å². The molecule has 0 radical (unpaired) electrons. The summed E-state index contributed by atoms with van der Waals surface area (Å²) in [5.74, 6) is -0.410. The molecule has 0 aromatic heterocycles. The number of anilines is 1. The summed E-state index contributed by atoms with van der Waals surface area (Å²) in [4.78, 5) is 13.0. The van der Waals surface area contributed by atoms with E-state index in [4.69, 9.17) is 34.0 Å². The first-order valence-electron chi connectivity index (χ1n) is 4.56. The summed E-state index contributed by atoms with van der Waals surface area (Å²) >= 11 is 11.7. The van der Waals surface area contributed by atoms with Crippen LogP contribution < -0.4 is 10.6 Å². The Morgan fingerprint density at radius 3 is 2.69 bits per heavy atom. The molecule has 1 rings (SSSR count). The average Bonchev–Trinajstić information content (AvgIpc) is 2.26. The highest BCUT2D eigenvalue weighted by molar-refractivity contribution is 6.36. The number of halogens is 2. The predicted octanol–water partition coefficient (Wildman–Crippen LogP) is 1.28. The summed E-state index contributed by atoms with van der Waals surface area (Å²) in [6.45, 7) is -0.408. The van der Waals surface area contributed by atoms with Crippen molar-refractivity contribution in [3.63, 3.8) is 0 Å². The Hall–Kier alpha value is -0.810. The molecule has 16 heavy (non-hydrogen) atoms. The number of nitrogens with zero attached hydrogens (tertiary/aromatic N) is 1. The highest BCUT2D eigenvalue weighted by Gasteiger charge is 2.19. The summed E-state index contributed by atoms with van der Waals surface area (Å²) in [7, 11) is 1.53. The molecule has 0 saturated carbocycles. The SMILES string of the molecule is CN(C(=O)C(N)CO)c1ccc(Cl)cc1Cl. The Bertz CT molecular complexity index is 398. The molecule has 1 unspecified atom stereocenters. The molecule has 0 fully saturated rings. The summed E-state index contributed by atoms with van der Waals surface area (Å²) in [6.07, 6.45) is 0. The Balaban J connectivity index is 2.96. The van der Waals surface area contributed by atoms with Gasteiger partial charge in [0.05, 0.1) is 17.3 Å². The van der Waals surface area contributed by atoms with E-state index in [-0.39, 0.29) is 0 Å². The van der Waals surface area contributed by atoms with Crippen LogP contribution in [0, 0.1) is 0 Å². The zero-order valence-corrected chi connectivity index (χ0v) is 10.2. The van der Waals surface area contributed by atoms with Crippen LogP contribution in [0.25, 0.3) is 0 Å². The molecule has 3 N–H and O–H groups in total. The van der Waals surface area contributed by atoms with E-state index >= 15 is 0 Å². The van der Waals surface area contributed by atoms with Crippen LogP contribution in [0.5, 0.6) is 0 Å². The van der Waals surface area contributed by atoms with Gasteiger partial charge in [-0.2, -0.15) is 0 Å². The number of hydrogen-bond acceptors (Lipinski definition) is 3. The number of amides is 1. The number of hydrogen-bond donors (Lipinski definition) is 2. The third-order valence-electron chi connectivity index (χ3n) is 2.12. The van der Waals surface area contributed by atoms with E-state index in [1.807, 2.05) is 0 Å². The van der Waals surface area contributed by atoms with Crippen molar-refractivity contribution in [3.8, 4) is 0 Å². The van der Waals surface area contributed by atoms with Crippen LogP contribution in [0.4, 0.5) is 5.69 Å². The normalized spacial score (nSPS) is 12.3. The summed E-state index contributed by atoms with van der Waals surface area (Å²) in [6, 6.07) is 3.83. The number of carbonyl (C=O) groups is 1. The van der Waals surface area contributed by atoms with Crippen LogP contribution in [0.1, 0.15) is 0 Å². The fraction of sp³-hybridized carbons (Fsp3) is 0.300. The fourth-order valence-corrected chi connectivity index (χ4v) is 1.73. The fourth-order valence-electron chi connectivity index (χ4n) is 1.20. The van der Waals surface area contributed by atoms with Crippen LogP contribution in [0.15, 0.2) is 18.2 Å². The second-order valence-electron chi connectivity index (χ2n) is 3.28. The molecule has 1 atom stereocenters. The van der Waals surface area contributed by atoms with E-state index in [2.05, 4.69) is 0 Å². The first-order valence-corrected chi connectivity index (χ1v) is 5.32. The van der Waals surface area contributed by atoms with E-state index in [1.165, 1.54) is 18.0 Å². The minimum atomic E-state index is -0.947. The molecule has 0 bridgehead atoms. The third-order valence-corrected chi connectivity index (χ3v) is 2.65. The number of aliphatic hydroxyl groups excluding tert-OH is 1. The van der Waals surface area contributed by atoms with E-state index in [0.717, 1.165) is 0 Å². The first kappa shape index (κ1) is 13.3. The van der Waals surface area contributed by atoms with E-state index < -0.39 is 18.6 Å². The topological polar surface area (TPSA) is 66.6 Å². The van der Waals surface area contributed by atoms with E-state index in [0.29, 0.717) is 15.7 Å². The Morgan fingerprint density at radius 2 is 2.19 bits per heavy atom. The number of carbonyl (C=O) groups excluding carboxylic acids is 1. The van der Waals surface area contributed by atoms with Gasteiger partial charge in [-0.1, -0.05) is 23.2 Å². The number of likely N-dealkylation sites (N-methyl/N-ethyl adjacent to an activating group) is 1. The highest BCUT2D eigenvalue weighted by Crippen LogP contribution is 2.28. The zero-order valence-electron chi connectivity index (χ0n) is 8.65. The Morgan fingerprint density at radius 1 is 1.56 bits per heavy atom. The molecule has 0 spiro atoms. The van der Waals surface area contributed by atoms with Crippen molar-refractivity contribution >= 4 is 34.8 Å².